The molecule has 2 aliphatic heterocycles. The van der Waals surface area contributed by atoms with Gasteiger partial charge in [-0.05, 0) is 48.2 Å². The number of nitrogens with one attached hydrogen (secondary N) is 1. The van der Waals surface area contributed by atoms with Crippen LogP contribution in [0.1, 0.15) is 34.9 Å². The van der Waals surface area contributed by atoms with E-state index < -0.39 is 11.3 Å². The van der Waals surface area contributed by atoms with Gasteiger partial charge < -0.3 is 10.2 Å². The van der Waals surface area contributed by atoms with E-state index in [2.05, 4.69) is 15.3 Å². The molecule has 1 N–H and O–H groups in total. The summed E-state index contributed by atoms with van der Waals surface area (Å²) < 4.78 is 0. The number of aliphatic imine (C=N–C) groups is 1. The number of carbonyl (C=O) groups excluding carboxylic acids is 3. The lowest BCUT2D eigenvalue weighted by atomic mass is 10.1. The second kappa shape index (κ2) is 11.6. The molecule has 2 aromatic carbocycles. The number of hydrogen-bond acceptors (Lipinski definition) is 6. The smallest absolute Gasteiger partial charge is 0.247 e. The lowest BCUT2D eigenvalue weighted by molar-refractivity contribution is -0.136. The number of thioether (sulfide) groups is 1. The molecule has 0 bridgehead atoms. The van der Waals surface area contributed by atoms with Crippen molar-refractivity contribution in [2.75, 3.05) is 18.9 Å². The molecule has 0 saturated carbocycles. The fourth-order valence-corrected chi connectivity index (χ4v) is 5.93. The van der Waals surface area contributed by atoms with E-state index in [0.29, 0.717) is 30.4 Å². The van der Waals surface area contributed by atoms with Crippen molar-refractivity contribution in [1.82, 2.24) is 14.8 Å². The molecule has 3 heterocycles. The van der Waals surface area contributed by atoms with Crippen molar-refractivity contribution in [1.29, 1.82) is 0 Å². The normalized spacial score (nSPS) is 20.2. The van der Waals surface area contributed by atoms with Gasteiger partial charge in [-0.25, -0.2) is 0 Å². The zero-order valence-corrected chi connectivity index (χ0v) is 21.9. The second-order valence-electron chi connectivity index (χ2n) is 9.27. The van der Waals surface area contributed by atoms with Crippen LogP contribution in [0, 0.1) is 0 Å². The zero-order chi connectivity index (χ0) is 26.5. The molecule has 2 saturated heterocycles. The van der Waals surface area contributed by atoms with Gasteiger partial charge in [0.25, 0.3) is 0 Å². The number of likely N-dealkylation sites (tertiary alicyclic amines) is 1. The molecule has 194 valence electrons. The van der Waals surface area contributed by atoms with Crippen molar-refractivity contribution in [3.05, 3.63) is 95.8 Å². The van der Waals surface area contributed by atoms with E-state index in [1.807, 2.05) is 60.7 Å². The highest BCUT2D eigenvalue weighted by atomic mass is 32.2. The maximum absolute atomic E-state index is 13.2. The van der Waals surface area contributed by atoms with Gasteiger partial charge in [-0.2, -0.15) is 0 Å². The Labute approximate surface area is 226 Å². The lowest BCUT2D eigenvalue weighted by Gasteiger charge is -2.24. The molecule has 5 rings (SSSR count). The Hall–Kier alpha value is -3.98. The van der Waals surface area contributed by atoms with Gasteiger partial charge >= 0.3 is 0 Å². The predicted molar refractivity (Wildman–Crippen MR) is 148 cm³/mol. The first-order valence-corrected chi connectivity index (χ1v) is 13.5. The van der Waals surface area contributed by atoms with E-state index >= 15 is 0 Å². The summed E-state index contributed by atoms with van der Waals surface area (Å²) in [5.74, 6) is -0.272. The van der Waals surface area contributed by atoms with E-state index in [4.69, 9.17) is 0 Å². The second-order valence-corrected chi connectivity index (χ2v) is 10.3. The van der Waals surface area contributed by atoms with Gasteiger partial charge in [0.05, 0.1) is 18.7 Å². The van der Waals surface area contributed by atoms with Gasteiger partial charge in [-0.15, -0.1) is 0 Å². The van der Waals surface area contributed by atoms with Crippen LogP contribution < -0.4 is 5.32 Å². The summed E-state index contributed by atoms with van der Waals surface area (Å²) in [6.45, 7) is 0.949. The number of benzene rings is 2. The van der Waals surface area contributed by atoms with E-state index in [9.17, 15) is 14.4 Å². The van der Waals surface area contributed by atoms with Crippen molar-refractivity contribution in [2.45, 2.75) is 37.1 Å². The molecular weight excluding hydrogens is 498 g/mol. The van der Waals surface area contributed by atoms with Crippen LogP contribution >= 0.6 is 11.8 Å². The number of hydrogen-bond donors (Lipinski definition) is 1. The molecule has 1 unspecified atom stereocenters. The Bertz CT molecular complexity index is 1330. The first-order valence-electron chi connectivity index (χ1n) is 12.6. The van der Waals surface area contributed by atoms with Crippen molar-refractivity contribution in [3.8, 4) is 0 Å². The summed E-state index contributed by atoms with van der Waals surface area (Å²) in [5, 5.41) is 3.20. The van der Waals surface area contributed by atoms with Crippen molar-refractivity contribution in [3.63, 3.8) is 0 Å². The van der Waals surface area contributed by atoms with Crippen LogP contribution in [0.5, 0.6) is 0 Å². The van der Waals surface area contributed by atoms with Crippen molar-refractivity contribution in [2.24, 2.45) is 4.99 Å². The molecule has 1 aromatic heterocycles. The van der Waals surface area contributed by atoms with Crippen LogP contribution in [-0.4, -0.2) is 57.3 Å². The molecule has 3 aromatic rings. The van der Waals surface area contributed by atoms with Crippen molar-refractivity contribution < 1.29 is 14.4 Å². The Morgan fingerprint density at radius 2 is 1.82 bits per heavy atom. The molecule has 2 fully saturated rings. The summed E-state index contributed by atoms with van der Waals surface area (Å²) >= 11 is 1.41. The minimum Gasteiger partial charge on any atom is -0.330 e. The Morgan fingerprint density at radius 1 is 1.05 bits per heavy atom. The largest absolute Gasteiger partial charge is 0.330 e. The number of amidine groups is 1. The van der Waals surface area contributed by atoms with Gasteiger partial charge in [0.1, 0.15) is 11.3 Å². The maximum Gasteiger partial charge on any atom is 0.247 e. The minimum atomic E-state index is -0.485. The van der Waals surface area contributed by atoms with Gasteiger partial charge in [0.15, 0.2) is 5.17 Å². The summed E-state index contributed by atoms with van der Waals surface area (Å²) in [4.78, 5) is 51.2. The molecule has 0 aliphatic carbocycles. The third kappa shape index (κ3) is 5.62. The van der Waals surface area contributed by atoms with E-state index in [1.165, 1.54) is 11.8 Å². The molecule has 9 heteroatoms. The zero-order valence-electron chi connectivity index (χ0n) is 21.1. The summed E-state index contributed by atoms with van der Waals surface area (Å²) in [5.41, 5.74) is 3.20. The Kier molecular flexibility index (Phi) is 7.83. The number of anilines is 1. The van der Waals surface area contributed by atoms with E-state index in [1.54, 1.807) is 35.2 Å². The average molecular weight is 528 g/mol. The van der Waals surface area contributed by atoms with E-state index in [-0.39, 0.29) is 24.1 Å². The quantitative estimate of drug-likeness (QED) is 0.500. The topological polar surface area (TPSA) is 95.0 Å². The molecule has 0 spiro atoms. The number of carbonyl (C=O) groups is 3. The number of amides is 3. The summed E-state index contributed by atoms with van der Waals surface area (Å²) in [7, 11) is 1.68. The Balaban J connectivity index is 1.22. The molecule has 2 aliphatic rings. The van der Waals surface area contributed by atoms with Crippen LogP contribution in [0.25, 0.3) is 0 Å². The number of pyridine rings is 1. The molecule has 2 atom stereocenters. The van der Waals surface area contributed by atoms with Crippen LogP contribution in [-0.2, 0) is 27.3 Å². The number of rotatable bonds is 7. The van der Waals surface area contributed by atoms with Crippen LogP contribution in [0.15, 0.2) is 84.0 Å². The molecule has 38 heavy (non-hydrogen) atoms. The summed E-state index contributed by atoms with van der Waals surface area (Å²) in [6, 6.07) is 22.0. The highest BCUT2D eigenvalue weighted by Crippen LogP contribution is 2.40. The fraction of sp³-hybridized carbons (Fsp3) is 0.276. The first kappa shape index (κ1) is 25.7. The van der Waals surface area contributed by atoms with Gasteiger partial charge in [0.2, 0.25) is 17.7 Å². The highest BCUT2D eigenvalue weighted by molar-refractivity contribution is 8.15. The van der Waals surface area contributed by atoms with Gasteiger partial charge in [-0.1, -0.05) is 60.3 Å². The monoisotopic (exact) mass is 527 g/mol. The maximum atomic E-state index is 13.2. The fourth-order valence-electron chi connectivity index (χ4n) is 4.82. The summed E-state index contributed by atoms with van der Waals surface area (Å²) in [6.07, 6.45) is 3.44. The third-order valence-electron chi connectivity index (χ3n) is 6.74. The van der Waals surface area contributed by atoms with Crippen LogP contribution in [0.4, 0.5) is 5.69 Å². The lowest BCUT2D eigenvalue weighted by Crippen LogP contribution is -2.43. The number of nitrogens with zero attached hydrogens (tertiary/aromatic N) is 4. The average Bonchev–Trinajstić information content (AvgIpc) is 3.56. The standard InChI is InChI=1S/C29H29N5O3S/c1-30-29-34(19-23-10-5-6-16-31-23)28(37)26(38-29)21-12-14-22(15-13-21)32-27(36)24-11-7-17-33(24)25(35)18-20-8-3-2-4-9-20/h2-6,8-10,12-16,24,26H,7,11,17-19H2,1H3,(H,32,36)/t24-,26?/m0/s1. The van der Waals surface area contributed by atoms with Crippen LogP contribution in [0.3, 0.4) is 0 Å². The first-order chi connectivity index (χ1) is 18.5. The van der Waals surface area contributed by atoms with Crippen molar-refractivity contribution >= 4 is 40.3 Å². The molecule has 3 amide bonds. The van der Waals surface area contributed by atoms with E-state index in [0.717, 1.165) is 23.2 Å². The van der Waals surface area contributed by atoms with Gasteiger partial charge in [-0.3, -0.25) is 29.3 Å². The number of aromatic nitrogens is 1. The predicted octanol–water partition coefficient (Wildman–Crippen LogP) is 4.06. The molecular formula is C29H29N5O3S. The highest BCUT2D eigenvalue weighted by Gasteiger charge is 2.39. The van der Waals surface area contributed by atoms with Crippen LogP contribution in [0.2, 0.25) is 0 Å². The SMILES string of the molecule is CN=C1SC(c2ccc(NC(=O)[C@@H]3CCCN3C(=O)Cc3ccccc3)cc2)C(=O)N1Cc1ccccn1. The molecule has 0 radical (unpaired) electrons. The third-order valence-corrected chi connectivity index (χ3v) is 8.06. The molecule has 8 nitrogen and oxygen atoms in total. The van der Waals surface area contributed by atoms with Gasteiger partial charge in [0, 0.05) is 25.5 Å². The minimum absolute atomic E-state index is 0.0374. The Morgan fingerprint density at radius 3 is 2.53 bits per heavy atom.